The molecule has 0 fully saturated rings. The van der Waals surface area contributed by atoms with Crippen LogP contribution in [0.4, 0.5) is 0 Å². The summed E-state index contributed by atoms with van der Waals surface area (Å²) in [7, 11) is 1.72. The lowest BCUT2D eigenvalue weighted by atomic mass is 10.3. The predicted molar refractivity (Wildman–Crippen MR) is 53.7 cm³/mol. The highest BCUT2D eigenvalue weighted by Gasteiger charge is 1.93. The highest BCUT2D eigenvalue weighted by Crippen LogP contribution is 2.06. The Bertz CT molecular complexity index is 115. The van der Waals surface area contributed by atoms with Crippen molar-refractivity contribution in [2.24, 2.45) is 0 Å². The van der Waals surface area contributed by atoms with Crippen LogP contribution in [-0.4, -0.2) is 31.0 Å². The zero-order chi connectivity index (χ0) is 9.23. The first-order valence-electron chi connectivity index (χ1n) is 4.33. The van der Waals surface area contributed by atoms with Crippen molar-refractivity contribution in [3.63, 3.8) is 0 Å². The van der Waals surface area contributed by atoms with Crippen LogP contribution in [0.3, 0.4) is 0 Å². The summed E-state index contributed by atoms with van der Waals surface area (Å²) in [6.45, 7) is 2.50. The molecule has 0 aliphatic rings. The van der Waals surface area contributed by atoms with E-state index in [1.54, 1.807) is 14.0 Å². The minimum Gasteiger partial charge on any atom is -0.385 e. The number of rotatable bonds is 8. The molecule has 0 rings (SSSR count). The second-order valence-corrected chi connectivity index (χ2v) is 3.99. The molecule has 12 heavy (non-hydrogen) atoms. The van der Waals surface area contributed by atoms with Gasteiger partial charge < -0.3 is 9.53 Å². The van der Waals surface area contributed by atoms with Gasteiger partial charge in [-0.25, -0.2) is 0 Å². The van der Waals surface area contributed by atoms with E-state index in [4.69, 9.17) is 4.74 Å². The summed E-state index contributed by atoms with van der Waals surface area (Å²) in [6, 6.07) is 0. The Hall–Kier alpha value is -0.0200. The van der Waals surface area contributed by atoms with E-state index in [1.807, 2.05) is 11.8 Å². The van der Waals surface area contributed by atoms with E-state index in [0.717, 1.165) is 37.4 Å². The molecule has 0 amide bonds. The number of carbonyl (C=O) groups is 1. The number of hydrogen-bond donors (Lipinski definition) is 0. The number of carbonyl (C=O) groups excluding carboxylic acids is 1. The molecule has 0 aromatic heterocycles. The van der Waals surface area contributed by atoms with Gasteiger partial charge in [0.25, 0.3) is 0 Å². The maximum absolute atomic E-state index is 10.5. The standard InChI is InChI=1S/C9H18O2S/c1-9(10)5-3-7-12-8-4-6-11-2/h3-8H2,1-2H3. The molecular formula is C9H18O2S. The van der Waals surface area contributed by atoms with Crippen molar-refractivity contribution in [1.29, 1.82) is 0 Å². The fourth-order valence-corrected chi connectivity index (χ4v) is 1.71. The Labute approximate surface area is 79.1 Å². The molecule has 0 saturated heterocycles. The van der Waals surface area contributed by atoms with Crippen molar-refractivity contribution in [1.82, 2.24) is 0 Å². The molecule has 0 spiro atoms. The lowest BCUT2D eigenvalue weighted by molar-refractivity contribution is -0.117. The first-order chi connectivity index (χ1) is 5.77. The first-order valence-corrected chi connectivity index (χ1v) is 5.49. The molecule has 0 atom stereocenters. The molecular weight excluding hydrogens is 172 g/mol. The Morgan fingerprint density at radius 3 is 2.58 bits per heavy atom. The number of hydrogen-bond acceptors (Lipinski definition) is 3. The molecule has 0 N–H and O–H groups in total. The van der Waals surface area contributed by atoms with Crippen molar-refractivity contribution < 1.29 is 9.53 Å². The van der Waals surface area contributed by atoms with E-state index in [-0.39, 0.29) is 0 Å². The van der Waals surface area contributed by atoms with Crippen LogP contribution in [0.1, 0.15) is 26.2 Å². The molecule has 0 radical (unpaired) electrons. The molecule has 0 bridgehead atoms. The average Bonchev–Trinajstić information content (AvgIpc) is 2.02. The van der Waals surface area contributed by atoms with Crippen molar-refractivity contribution in [2.75, 3.05) is 25.2 Å². The van der Waals surface area contributed by atoms with Crippen molar-refractivity contribution in [3.05, 3.63) is 0 Å². The molecule has 0 aliphatic carbocycles. The molecule has 3 heteroatoms. The molecule has 2 nitrogen and oxygen atoms in total. The van der Waals surface area contributed by atoms with Crippen LogP contribution in [0.5, 0.6) is 0 Å². The third-order valence-electron chi connectivity index (χ3n) is 1.45. The second-order valence-electron chi connectivity index (χ2n) is 2.76. The minimum absolute atomic E-state index is 0.299. The van der Waals surface area contributed by atoms with Crippen LogP contribution in [0, 0.1) is 0 Å². The van der Waals surface area contributed by atoms with Crippen molar-refractivity contribution in [3.8, 4) is 0 Å². The topological polar surface area (TPSA) is 26.3 Å². The third-order valence-corrected chi connectivity index (χ3v) is 2.61. The summed E-state index contributed by atoms with van der Waals surface area (Å²) in [4.78, 5) is 10.5. The zero-order valence-electron chi connectivity index (χ0n) is 7.97. The van der Waals surface area contributed by atoms with Crippen LogP contribution in [0.15, 0.2) is 0 Å². The quantitative estimate of drug-likeness (QED) is 0.548. The number of ketones is 1. The smallest absolute Gasteiger partial charge is 0.129 e. The highest BCUT2D eigenvalue weighted by atomic mass is 32.2. The third kappa shape index (κ3) is 9.98. The van der Waals surface area contributed by atoms with Crippen LogP contribution in [0.2, 0.25) is 0 Å². The van der Waals surface area contributed by atoms with Crippen LogP contribution >= 0.6 is 11.8 Å². The second kappa shape index (κ2) is 9.07. The summed E-state index contributed by atoms with van der Waals surface area (Å²) < 4.78 is 4.92. The van der Waals surface area contributed by atoms with Gasteiger partial charge in [-0.15, -0.1) is 0 Å². The molecule has 0 unspecified atom stereocenters. The summed E-state index contributed by atoms with van der Waals surface area (Å²) in [5.41, 5.74) is 0. The summed E-state index contributed by atoms with van der Waals surface area (Å²) in [5, 5.41) is 0. The van der Waals surface area contributed by atoms with Gasteiger partial charge in [-0.1, -0.05) is 0 Å². The minimum atomic E-state index is 0.299. The molecule has 0 saturated carbocycles. The Kier molecular flexibility index (Phi) is 9.06. The van der Waals surface area contributed by atoms with E-state index in [2.05, 4.69) is 0 Å². The van der Waals surface area contributed by atoms with Crippen molar-refractivity contribution >= 4 is 17.5 Å². The SMILES string of the molecule is COCCCSCCCC(C)=O. The fourth-order valence-electron chi connectivity index (χ4n) is 0.831. The van der Waals surface area contributed by atoms with E-state index in [1.165, 1.54) is 0 Å². The van der Waals surface area contributed by atoms with E-state index in [9.17, 15) is 4.79 Å². The average molecular weight is 190 g/mol. The van der Waals surface area contributed by atoms with Crippen LogP contribution in [0.25, 0.3) is 0 Å². The van der Waals surface area contributed by atoms with Gasteiger partial charge in [0.15, 0.2) is 0 Å². The zero-order valence-corrected chi connectivity index (χ0v) is 8.78. The molecule has 0 heterocycles. The summed E-state index contributed by atoms with van der Waals surface area (Å²) in [5.74, 6) is 2.54. The van der Waals surface area contributed by atoms with Gasteiger partial charge in [0.05, 0.1) is 0 Å². The maximum atomic E-state index is 10.5. The molecule has 72 valence electrons. The van der Waals surface area contributed by atoms with E-state index >= 15 is 0 Å². The van der Waals surface area contributed by atoms with E-state index < -0.39 is 0 Å². The van der Waals surface area contributed by atoms with Gasteiger partial charge in [-0.2, -0.15) is 11.8 Å². The molecule has 0 aromatic carbocycles. The first kappa shape index (κ1) is 12.0. The van der Waals surface area contributed by atoms with E-state index in [0.29, 0.717) is 5.78 Å². The van der Waals surface area contributed by atoms with Crippen LogP contribution < -0.4 is 0 Å². The molecule has 0 aliphatic heterocycles. The number of Topliss-reactive ketones (excluding diaryl/α,β-unsaturated/α-hetero) is 1. The molecule has 0 aromatic rings. The summed E-state index contributed by atoms with van der Waals surface area (Å²) >= 11 is 1.90. The van der Waals surface area contributed by atoms with Crippen molar-refractivity contribution in [2.45, 2.75) is 26.2 Å². The van der Waals surface area contributed by atoms with Gasteiger partial charge in [0.2, 0.25) is 0 Å². The number of ether oxygens (including phenoxy) is 1. The number of thioether (sulfide) groups is 1. The van der Waals surface area contributed by atoms with Gasteiger partial charge in [0.1, 0.15) is 5.78 Å². The Morgan fingerprint density at radius 1 is 1.33 bits per heavy atom. The number of methoxy groups -OCH3 is 1. The lowest BCUT2D eigenvalue weighted by Gasteiger charge is -1.99. The van der Waals surface area contributed by atoms with Gasteiger partial charge in [0, 0.05) is 20.1 Å². The Morgan fingerprint density at radius 2 is 2.00 bits per heavy atom. The van der Waals surface area contributed by atoms with Crippen LogP contribution in [-0.2, 0) is 9.53 Å². The highest BCUT2D eigenvalue weighted by molar-refractivity contribution is 7.99. The van der Waals surface area contributed by atoms with Gasteiger partial charge in [-0.05, 0) is 31.3 Å². The largest absolute Gasteiger partial charge is 0.385 e. The lowest BCUT2D eigenvalue weighted by Crippen LogP contribution is -1.94. The Balaban J connectivity index is 2.86. The van der Waals surface area contributed by atoms with Gasteiger partial charge in [-0.3, -0.25) is 0 Å². The fraction of sp³-hybridized carbons (Fsp3) is 0.889. The summed E-state index contributed by atoms with van der Waals surface area (Å²) in [6.07, 6.45) is 2.87. The maximum Gasteiger partial charge on any atom is 0.129 e. The predicted octanol–water partition coefficient (Wildman–Crippen LogP) is 2.13. The normalized spacial score (nSPS) is 10.2. The van der Waals surface area contributed by atoms with Gasteiger partial charge >= 0.3 is 0 Å². The monoisotopic (exact) mass is 190 g/mol.